The maximum absolute atomic E-state index is 10.9. The second-order valence-electron chi connectivity index (χ2n) is 1.58. The highest BCUT2D eigenvalue weighted by Crippen LogP contribution is 2.61. The Morgan fingerprint density at radius 2 is 1.00 bits per heavy atom. The molecule has 0 aliphatic carbocycles. The van der Waals surface area contributed by atoms with Gasteiger partial charge in [0.2, 0.25) is 0 Å². The topological polar surface area (TPSA) is 139 Å². The van der Waals surface area contributed by atoms with Crippen molar-refractivity contribution in [2.24, 2.45) is 0 Å². The highest BCUT2D eigenvalue weighted by atomic mass is 31.2. The Morgan fingerprint density at radius 3 is 1.15 bits per heavy atom. The Bertz CT molecular complexity index is 390. The molecule has 0 fully saturated rings. The van der Waals surface area contributed by atoms with Gasteiger partial charge in [-0.25, -0.2) is 4.31 Å². The van der Waals surface area contributed by atoms with Gasteiger partial charge in [0.1, 0.15) is 0 Å². The van der Waals surface area contributed by atoms with Crippen molar-refractivity contribution < 1.29 is 13.4 Å². The molecule has 0 heterocycles. The van der Waals surface area contributed by atoms with Crippen LogP contribution in [-0.2, 0) is 13.4 Å². The lowest BCUT2D eigenvalue weighted by Gasteiger charge is -2.01. The van der Waals surface area contributed by atoms with E-state index in [0.29, 0.717) is 0 Å². The molecule has 7 nitrogen and oxygen atoms in total. The molecule has 13 heavy (non-hydrogen) atoms. The minimum Gasteiger partial charge on any atom is -0.259 e. The van der Waals surface area contributed by atoms with Crippen LogP contribution in [0.5, 0.6) is 0 Å². The van der Waals surface area contributed by atoms with Gasteiger partial charge in [-0.15, -0.1) is 0 Å². The predicted octanol–water partition coefficient (Wildman–Crippen LogP) is 1.48. The van der Waals surface area contributed by atoms with Crippen molar-refractivity contribution in [1.29, 1.82) is 21.0 Å². The summed E-state index contributed by atoms with van der Waals surface area (Å²) in [6.45, 7) is 0. The van der Waals surface area contributed by atoms with Crippen LogP contribution in [0.3, 0.4) is 0 Å². The van der Waals surface area contributed by atoms with Gasteiger partial charge in [-0.2, -0.15) is 21.0 Å². The first-order valence-electron chi connectivity index (χ1n) is 2.52. The molecular weight excluding hydrogens is 214 g/mol. The van der Waals surface area contributed by atoms with Gasteiger partial charge in [0.05, 0.1) is 0 Å². The van der Waals surface area contributed by atoms with Crippen molar-refractivity contribution in [2.45, 2.75) is 0 Å². The zero-order chi connectivity index (χ0) is 10.5. The van der Waals surface area contributed by atoms with E-state index in [-0.39, 0.29) is 0 Å². The molecule has 0 saturated carbocycles. The zero-order valence-corrected chi connectivity index (χ0v) is 7.70. The van der Waals surface area contributed by atoms with Gasteiger partial charge >= 0.3 is 14.7 Å². The van der Waals surface area contributed by atoms with E-state index in [0.717, 1.165) is 23.2 Å². The second kappa shape index (κ2) is 3.86. The molecule has 0 aliphatic heterocycles. The van der Waals surface area contributed by atoms with E-state index in [1.54, 1.807) is 0 Å². The van der Waals surface area contributed by atoms with Crippen LogP contribution < -0.4 is 0 Å². The van der Waals surface area contributed by atoms with Gasteiger partial charge in [0.15, 0.2) is 23.2 Å². The Balaban J connectivity index is 5.13. The lowest BCUT2D eigenvalue weighted by molar-refractivity contribution is 0.486. The Labute approximate surface area is 73.3 Å². The lowest BCUT2D eigenvalue weighted by atomic mass is 11.8. The smallest absolute Gasteiger partial charge is 0.259 e. The van der Waals surface area contributed by atoms with Gasteiger partial charge in [-0.3, -0.25) is 9.13 Å². The fourth-order valence-electron chi connectivity index (χ4n) is 0.280. The standard InChI is InChI=1S/C4N4O3P2/c5-1-12(9,2-6)11-13(10,3-7)4-8. The van der Waals surface area contributed by atoms with E-state index < -0.39 is 14.7 Å². The van der Waals surface area contributed by atoms with Gasteiger partial charge < -0.3 is 0 Å². The van der Waals surface area contributed by atoms with Crippen LogP contribution in [0.15, 0.2) is 0 Å². The molecule has 0 atom stereocenters. The fourth-order valence-corrected chi connectivity index (χ4v) is 2.25. The third-order valence-corrected chi connectivity index (χ3v) is 3.65. The van der Waals surface area contributed by atoms with Gasteiger partial charge in [-0.1, -0.05) is 0 Å². The molecule has 0 bridgehead atoms. The summed E-state index contributed by atoms with van der Waals surface area (Å²) in [7, 11) is -8.87. The van der Waals surface area contributed by atoms with Crippen LogP contribution in [0.2, 0.25) is 0 Å². The maximum Gasteiger partial charge on any atom is 0.403 e. The van der Waals surface area contributed by atoms with Crippen molar-refractivity contribution in [3.8, 4) is 23.2 Å². The van der Waals surface area contributed by atoms with Crippen molar-refractivity contribution in [3.63, 3.8) is 0 Å². The van der Waals surface area contributed by atoms with Crippen LogP contribution in [-0.4, -0.2) is 0 Å². The van der Waals surface area contributed by atoms with Crippen LogP contribution in [0.25, 0.3) is 0 Å². The van der Waals surface area contributed by atoms with Crippen molar-refractivity contribution in [1.82, 2.24) is 0 Å². The summed E-state index contributed by atoms with van der Waals surface area (Å²) in [5.41, 5.74) is 0. The molecule has 0 aliphatic rings. The number of hydrogen-bond acceptors (Lipinski definition) is 7. The first-order valence-corrected chi connectivity index (χ1v) is 5.77. The molecule has 0 saturated heterocycles. The number of nitriles is 4. The van der Waals surface area contributed by atoms with E-state index in [1.165, 1.54) is 0 Å². The van der Waals surface area contributed by atoms with Crippen LogP contribution in [0.4, 0.5) is 0 Å². The van der Waals surface area contributed by atoms with Crippen LogP contribution in [0, 0.1) is 44.3 Å². The van der Waals surface area contributed by atoms with Crippen LogP contribution in [0.1, 0.15) is 0 Å². The molecule has 0 rings (SSSR count). The normalized spacial score (nSPS) is 10.2. The van der Waals surface area contributed by atoms with Gasteiger partial charge in [0, 0.05) is 0 Å². The highest BCUT2D eigenvalue weighted by molar-refractivity contribution is 7.81. The largest absolute Gasteiger partial charge is 0.403 e. The first kappa shape index (κ1) is 11.4. The lowest BCUT2D eigenvalue weighted by Crippen LogP contribution is -1.81. The Morgan fingerprint density at radius 1 is 0.769 bits per heavy atom. The number of rotatable bonds is 2. The molecule has 0 aromatic carbocycles. The van der Waals surface area contributed by atoms with E-state index in [2.05, 4.69) is 4.31 Å². The Hall–Kier alpha value is -1.62. The summed E-state index contributed by atoms with van der Waals surface area (Å²) < 4.78 is 25.6. The summed E-state index contributed by atoms with van der Waals surface area (Å²) in [5, 5.41) is 32.6. The van der Waals surface area contributed by atoms with Gasteiger partial charge in [0.25, 0.3) is 0 Å². The molecule has 0 N–H and O–H groups in total. The molecule has 0 aromatic rings. The molecule has 9 heteroatoms. The monoisotopic (exact) mass is 214 g/mol. The molecule has 0 radical (unpaired) electrons. The highest BCUT2D eigenvalue weighted by Gasteiger charge is 2.35. The third-order valence-electron chi connectivity index (χ3n) is 0.757. The number of hydrogen-bond donors (Lipinski definition) is 0. The van der Waals surface area contributed by atoms with E-state index >= 15 is 0 Å². The second-order valence-corrected chi connectivity index (χ2v) is 5.24. The average Bonchev–Trinajstić information content (AvgIpc) is 2.17. The summed E-state index contributed by atoms with van der Waals surface area (Å²) in [6, 6.07) is 0. The minimum absolute atomic E-state index is 0.950. The summed E-state index contributed by atoms with van der Waals surface area (Å²) >= 11 is 0. The summed E-state index contributed by atoms with van der Waals surface area (Å²) in [6.07, 6.45) is 0. The summed E-state index contributed by atoms with van der Waals surface area (Å²) in [4.78, 5) is 0. The molecular formula is C4N4O3P2. The Kier molecular flexibility index (Phi) is 3.38. The minimum atomic E-state index is -4.43. The van der Waals surface area contributed by atoms with Crippen molar-refractivity contribution in [3.05, 3.63) is 0 Å². The maximum atomic E-state index is 10.9. The number of nitrogens with zero attached hydrogens (tertiary/aromatic N) is 4. The third kappa shape index (κ3) is 2.72. The molecule has 0 spiro atoms. The van der Waals surface area contributed by atoms with E-state index in [4.69, 9.17) is 21.0 Å². The first-order chi connectivity index (χ1) is 5.95. The fraction of sp³-hybridized carbons (Fsp3) is 0. The van der Waals surface area contributed by atoms with Crippen molar-refractivity contribution >= 4 is 14.7 Å². The van der Waals surface area contributed by atoms with E-state index in [1.807, 2.05) is 0 Å². The molecule has 0 amide bonds. The molecule has 64 valence electrons. The molecule has 0 unspecified atom stereocenters. The van der Waals surface area contributed by atoms with Crippen LogP contribution >= 0.6 is 14.7 Å². The quantitative estimate of drug-likeness (QED) is 0.634. The summed E-state index contributed by atoms with van der Waals surface area (Å²) in [5.74, 6) is 3.80. The SMILES string of the molecule is N#CP(=O)(C#N)OP(=O)(C#N)C#N. The van der Waals surface area contributed by atoms with E-state index in [9.17, 15) is 9.13 Å². The zero-order valence-electron chi connectivity index (χ0n) is 5.91. The predicted molar refractivity (Wildman–Crippen MR) is 38.8 cm³/mol. The molecule has 0 aromatic heterocycles. The average molecular weight is 214 g/mol. The van der Waals surface area contributed by atoms with Crippen molar-refractivity contribution in [2.75, 3.05) is 0 Å². The van der Waals surface area contributed by atoms with Gasteiger partial charge in [-0.05, 0) is 0 Å².